The van der Waals surface area contributed by atoms with E-state index in [0.717, 1.165) is 5.69 Å². The van der Waals surface area contributed by atoms with Crippen LogP contribution in [-0.4, -0.2) is 44.7 Å². The van der Waals surface area contributed by atoms with Gasteiger partial charge in [0.1, 0.15) is 12.4 Å². The molecule has 6 heteroatoms. The number of rotatable bonds is 1. The van der Waals surface area contributed by atoms with Gasteiger partial charge in [0.2, 0.25) is 5.91 Å². The molecule has 0 saturated carbocycles. The Morgan fingerprint density at radius 1 is 1.53 bits per heavy atom. The SMILES string of the molecule is COC(=O)c1ccc2c(c1)OCC1CNCC(=O)N21. The predicted molar refractivity (Wildman–Crippen MR) is 67.4 cm³/mol. The summed E-state index contributed by atoms with van der Waals surface area (Å²) >= 11 is 0. The van der Waals surface area contributed by atoms with Gasteiger partial charge < -0.3 is 19.7 Å². The fourth-order valence-corrected chi connectivity index (χ4v) is 2.45. The van der Waals surface area contributed by atoms with Crippen LogP contribution in [0.3, 0.4) is 0 Å². The van der Waals surface area contributed by atoms with Crippen molar-refractivity contribution in [3.05, 3.63) is 23.8 Å². The van der Waals surface area contributed by atoms with Crippen LogP contribution in [0.2, 0.25) is 0 Å². The van der Waals surface area contributed by atoms with Crippen LogP contribution in [-0.2, 0) is 9.53 Å². The van der Waals surface area contributed by atoms with E-state index in [-0.39, 0.29) is 11.9 Å². The number of methoxy groups -OCH3 is 1. The molecule has 2 aliphatic rings. The van der Waals surface area contributed by atoms with Gasteiger partial charge in [-0.15, -0.1) is 0 Å². The minimum atomic E-state index is -0.417. The van der Waals surface area contributed by atoms with Crippen LogP contribution in [0.15, 0.2) is 18.2 Å². The van der Waals surface area contributed by atoms with Crippen molar-refractivity contribution in [3.8, 4) is 5.75 Å². The number of esters is 1. The van der Waals surface area contributed by atoms with Crippen molar-refractivity contribution in [2.75, 3.05) is 31.7 Å². The summed E-state index contributed by atoms with van der Waals surface area (Å²) in [5.41, 5.74) is 1.14. The Balaban J connectivity index is 1.99. The molecule has 2 heterocycles. The first-order chi connectivity index (χ1) is 9.20. The van der Waals surface area contributed by atoms with Gasteiger partial charge in [0, 0.05) is 6.54 Å². The second kappa shape index (κ2) is 4.55. The van der Waals surface area contributed by atoms with Crippen molar-refractivity contribution in [1.29, 1.82) is 0 Å². The largest absolute Gasteiger partial charge is 0.489 e. The maximum atomic E-state index is 12.0. The average molecular weight is 262 g/mol. The first-order valence-electron chi connectivity index (χ1n) is 6.08. The molecular formula is C13H14N2O4. The van der Waals surface area contributed by atoms with Gasteiger partial charge in [-0.2, -0.15) is 0 Å². The second-order valence-corrected chi connectivity index (χ2v) is 4.53. The van der Waals surface area contributed by atoms with Crippen LogP contribution in [0.25, 0.3) is 0 Å². The summed E-state index contributed by atoms with van der Waals surface area (Å²) in [6.45, 7) is 1.47. The minimum absolute atomic E-state index is 0.0118. The van der Waals surface area contributed by atoms with Crippen molar-refractivity contribution >= 4 is 17.6 Å². The zero-order valence-electron chi connectivity index (χ0n) is 10.5. The minimum Gasteiger partial charge on any atom is -0.489 e. The molecule has 1 fully saturated rings. The van der Waals surface area contributed by atoms with E-state index < -0.39 is 5.97 Å². The van der Waals surface area contributed by atoms with Gasteiger partial charge in [-0.3, -0.25) is 4.79 Å². The Kier molecular flexibility index (Phi) is 2.87. The fourth-order valence-electron chi connectivity index (χ4n) is 2.45. The topological polar surface area (TPSA) is 67.9 Å². The first kappa shape index (κ1) is 12.0. The van der Waals surface area contributed by atoms with E-state index in [9.17, 15) is 9.59 Å². The predicted octanol–water partition coefficient (Wildman–Crippen LogP) is 0.170. The van der Waals surface area contributed by atoms with Crippen LogP contribution in [0.5, 0.6) is 5.75 Å². The third-order valence-corrected chi connectivity index (χ3v) is 3.36. The van der Waals surface area contributed by atoms with Gasteiger partial charge in [-0.05, 0) is 18.2 Å². The summed E-state index contributed by atoms with van der Waals surface area (Å²) in [6, 6.07) is 5.01. The number of carbonyl (C=O) groups is 2. The molecule has 0 aromatic heterocycles. The normalized spacial score (nSPS) is 21.2. The number of benzene rings is 1. The van der Waals surface area contributed by atoms with Gasteiger partial charge in [0.25, 0.3) is 0 Å². The average Bonchev–Trinajstić information content (AvgIpc) is 2.45. The lowest BCUT2D eigenvalue weighted by Gasteiger charge is -2.40. The van der Waals surface area contributed by atoms with Crippen LogP contribution < -0.4 is 15.0 Å². The molecule has 1 amide bonds. The molecule has 1 N–H and O–H groups in total. The van der Waals surface area contributed by atoms with Crippen molar-refractivity contribution in [1.82, 2.24) is 5.32 Å². The molecule has 3 rings (SSSR count). The number of ether oxygens (including phenoxy) is 2. The number of nitrogens with one attached hydrogen (secondary N) is 1. The molecule has 0 radical (unpaired) electrons. The lowest BCUT2D eigenvalue weighted by molar-refractivity contribution is -0.119. The molecule has 0 aliphatic carbocycles. The number of amides is 1. The summed E-state index contributed by atoms with van der Waals surface area (Å²) in [7, 11) is 1.33. The first-order valence-corrected chi connectivity index (χ1v) is 6.08. The molecule has 1 unspecified atom stereocenters. The van der Waals surface area contributed by atoms with Crippen LogP contribution >= 0.6 is 0 Å². The number of anilines is 1. The van der Waals surface area contributed by atoms with E-state index in [1.54, 1.807) is 23.1 Å². The van der Waals surface area contributed by atoms with E-state index >= 15 is 0 Å². The highest BCUT2D eigenvalue weighted by molar-refractivity contribution is 5.99. The lowest BCUT2D eigenvalue weighted by Crippen LogP contribution is -2.58. The van der Waals surface area contributed by atoms with Crippen LogP contribution in [0, 0.1) is 0 Å². The zero-order valence-corrected chi connectivity index (χ0v) is 10.5. The number of carbonyl (C=O) groups excluding carboxylic acids is 2. The van der Waals surface area contributed by atoms with Gasteiger partial charge in [-0.25, -0.2) is 4.79 Å². The van der Waals surface area contributed by atoms with Crippen LogP contribution in [0.1, 0.15) is 10.4 Å². The standard InChI is InChI=1S/C13H14N2O4/c1-18-13(17)8-2-3-10-11(4-8)19-7-9-5-14-6-12(16)15(9)10/h2-4,9,14H,5-7H2,1H3. The Labute approximate surface area is 110 Å². The summed E-state index contributed by atoms with van der Waals surface area (Å²) in [5, 5.41) is 3.06. The van der Waals surface area contributed by atoms with Crippen molar-refractivity contribution in [2.45, 2.75) is 6.04 Å². The van der Waals surface area contributed by atoms with Gasteiger partial charge >= 0.3 is 5.97 Å². The molecule has 2 aliphatic heterocycles. The smallest absolute Gasteiger partial charge is 0.337 e. The molecular weight excluding hydrogens is 248 g/mol. The monoisotopic (exact) mass is 262 g/mol. The summed E-state index contributed by atoms with van der Waals surface area (Å²) < 4.78 is 10.3. The summed E-state index contributed by atoms with van der Waals surface area (Å²) in [5.74, 6) is 0.154. The number of piperazine rings is 1. The van der Waals surface area contributed by atoms with Gasteiger partial charge in [0.15, 0.2) is 0 Å². The van der Waals surface area contributed by atoms with Crippen molar-refractivity contribution < 1.29 is 19.1 Å². The van der Waals surface area contributed by atoms with E-state index in [4.69, 9.17) is 4.74 Å². The molecule has 0 bridgehead atoms. The molecule has 1 aromatic rings. The lowest BCUT2D eigenvalue weighted by atomic mass is 10.1. The molecule has 6 nitrogen and oxygen atoms in total. The maximum absolute atomic E-state index is 12.0. The highest BCUT2D eigenvalue weighted by Crippen LogP contribution is 2.35. The summed E-state index contributed by atoms with van der Waals surface area (Å²) in [6.07, 6.45) is 0. The quantitative estimate of drug-likeness (QED) is 0.731. The number of hydrogen-bond acceptors (Lipinski definition) is 5. The highest BCUT2D eigenvalue weighted by atomic mass is 16.5. The Hall–Kier alpha value is -2.08. The number of hydrogen-bond donors (Lipinski definition) is 1. The Morgan fingerprint density at radius 2 is 2.37 bits per heavy atom. The third kappa shape index (κ3) is 1.94. The van der Waals surface area contributed by atoms with Crippen molar-refractivity contribution in [2.24, 2.45) is 0 Å². The maximum Gasteiger partial charge on any atom is 0.337 e. The Bertz CT molecular complexity index is 543. The van der Waals surface area contributed by atoms with E-state index in [0.29, 0.717) is 31.0 Å². The van der Waals surface area contributed by atoms with E-state index in [1.165, 1.54) is 7.11 Å². The molecule has 100 valence electrons. The zero-order chi connectivity index (χ0) is 13.4. The molecule has 1 aromatic carbocycles. The molecule has 1 saturated heterocycles. The van der Waals surface area contributed by atoms with E-state index in [1.807, 2.05) is 0 Å². The Morgan fingerprint density at radius 3 is 3.16 bits per heavy atom. The van der Waals surface area contributed by atoms with Gasteiger partial charge in [0.05, 0.1) is 30.9 Å². The number of nitrogens with zero attached hydrogens (tertiary/aromatic N) is 1. The molecule has 0 spiro atoms. The van der Waals surface area contributed by atoms with Gasteiger partial charge in [-0.1, -0.05) is 0 Å². The van der Waals surface area contributed by atoms with E-state index in [2.05, 4.69) is 10.1 Å². The molecule has 1 atom stereocenters. The fraction of sp³-hybridized carbons (Fsp3) is 0.385. The molecule has 19 heavy (non-hydrogen) atoms. The number of fused-ring (bicyclic) bond motifs is 3. The summed E-state index contributed by atoms with van der Waals surface area (Å²) in [4.78, 5) is 25.2. The van der Waals surface area contributed by atoms with Crippen molar-refractivity contribution in [3.63, 3.8) is 0 Å². The van der Waals surface area contributed by atoms with Crippen LogP contribution in [0.4, 0.5) is 5.69 Å². The second-order valence-electron chi connectivity index (χ2n) is 4.53. The third-order valence-electron chi connectivity index (χ3n) is 3.36. The highest BCUT2D eigenvalue weighted by Gasteiger charge is 2.35.